The predicted molar refractivity (Wildman–Crippen MR) is 86.7 cm³/mol. The van der Waals surface area contributed by atoms with Gasteiger partial charge in [0.2, 0.25) is 0 Å². The van der Waals surface area contributed by atoms with Crippen LogP contribution in [0.25, 0.3) is 0 Å². The molecule has 4 heteroatoms. The molecule has 1 aromatic carbocycles. The number of hydrogen-bond acceptors (Lipinski definition) is 4. The van der Waals surface area contributed by atoms with E-state index < -0.39 is 5.92 Å². The number of carbonyl (C=O) groups excluding carboxylic acids is 2. The number of fused-ring (bicyclic) bond motifs is 1. The molecule has 0 N–H and O–H groups in total. The molecule has 4 nitrogen and oxygen atoms in total. The maximum atomic E-state index is 12.1. The summed E-state index contributed by atoms with van der Waals surface area (Å²) in [4.78, 5) is 24.3. The standard InChI is InChI=1S/C20H20O4/c1-3-11-4-6-12(7-5-11)8-9-13-14-10-15-17(16(14)19(21)23-2)20(22)24-18(13)15/h4-7,13-18H,3,10H2,1-2H3/t13-,14+,15+,16?,17+,18+/m1/s1. The Morgan fingerprint density at radius 3 is 2.71 bits per heavy atom. The summed E-state index contributed by atoms with van der Waals surface area (Å²) in [6.07, 6.45) is 1.67. The summed E-state index contributed by atoms with van der Waals surface area (Å²) in [5.41, 5.74) is 2.23. The van der Waals surface area contributed by atoms with Gasteiger partial charge in [0.05, 0.1) is 24.9 Å². The minimum absolute atomic E-state index is 0.0614. The molecule has 6 atom stereocenters. The van der Waals surface area contributed by atoms with E-state index in [1.54, 1.807) is 0 Å². The van der Waals surface area contributed by atoms with E-state index in [1.807, 2.05) is 12.1 Å². The van der Waals surface area contributed by atoms with Crippen LogP contribution in [0.15, 0.2) is 24.3 Å². The number of esters is 2. The van der Waals surface area contributed by atoms with Crippen molar-refractivity contribution in [2.45, 2.75) is 25.9 Å². The molecule has 4 rings (SSSR count). The Labute approximate surface area is 141 Å². The molecule has 1 heterocycles. The Bertz CT molecular complexity index is 739. The van der Waals surface area contributed by atoms with Gasteiger partial charge >= 0.3 is 11.9 Å². The van der Waals surface area contributed by atoms with E-state index in [9.17, 15) is 9.59 Å². The van der Waals surface area contributed by atoms with Crippen LogP contribution < -0.4 is 0 Å². The smallest absolute Gasteiger partial charge is 0.310 e. The summed E-state index contributed by atoms with van der Waals surface area (Å²) in [5.74, 6) is 5.33. The summed E-state index contributed by atoms with van der Waals surface area (Å²) in [6.45, 7) is 2.12. The van der Waals surface area contributed by atoms with Gasteiger partial charge < -0.3 is 9.47 Å². The first kappa shape index (κ1) is 15.3. The van der Waals surface area contributed by atoms with Crippen molar-refractivity contribution < 1.29 is 19.1 Å². The lowest BCUT2D eigenvalue weighted by atomic mass is 9.74. The van der Waals surface area contributed by atoms with E-state index in [1.165, 1.54) is 12.7 Å². The van der Waals surface area contributed by atoms with Gasteiger partial charge in [-0.15, -0.1) is 0 Å². The van der Waals surface area contributed by atoms with Gasteiger partial charge in [-0.2, -0.15) is 0 Å². The first-order valence-electron chi connectivity index (χ1n) is 8.52. The SMILES string of the molecule is CCc1ccc(C#C[C@H]2[C@@H]3OC(=O)[C@@H]4C(C(=O)OC)[C@H]2C[C@H]34)cc1. The third-order valence-electron chi connectivity index (χ3n) is 5.83. The Balaban J connectivity index is 1.61. The molecule has 2 saturated carbocycles. The molecule has 3 fully saturated rings. The number of benzene rings is 1. The maximum Gasteiger partial charge on any atom is 0.310 e. The van der Waals surface area contributed by atoms with Crippen LogP contribution in [0, 0.1) is 41.4 Å². The zero-order chi connectivity index (χ0) is 16.8. The number of ether oxygens (including phenoxy) is 2. The quantitative estimate of drug-likeness (QED) is 0.618. The molecule has 0 radical (unpaired) electrons. The topological polar surface area (TPSA) is 52.6 Å². The predicted octanol–water partition coefficient (Wildman–Crippen LogP) is 2.20. The highest BCUT2D eigenvalue weighted by Crippen LogP contribution is 2.60. The Morgan fingerprint density at radius 2 is 2.04 bits per heavy atom. The van der Waals surface area contributed by atoms with Crippen LogP contribution in [0.1, 0.15) is 24.5 Å². The first-order chi connectivity index (χ1) is 11.6. The van der Waals surface area contributed by atoms with E-state index in [-0.39, 0.29) is 41.7 Å². The second kappa shape index (κ2) is 5.66. The van der Waals surface area contributed by atoms with E-state index in [2.05, 4.69) is 30.9 Å². The van der Waals surface area contributed by atoms with Crippen molar-refractivity contribution >= 4 is 11.9 Å². The summed E-state index contributed by atoms with van der Waals surface area (Å²) < 4.78 is 10.5. The van der Waals surface area contributed by atoms with Crippen molar-refractivity contribution in [1.29, 1.82) is 0 Å². The molecule has 124 valence electrons. The third-order valence-corrected chi connectivity index (χ3v) is 5.83. The fourth-order valence-corrected chi connectivity index (χ4v) is 4.69. The number of hydrogen-bond donors (Lipinski definition) is 0. The first-order valence-corrected chi connectivity index (χ1v) is 8.52. The Kier molecular flexibility index (Phi) is 3.60. The van der Waals surface area contributed by atoms with Crippen LogP contribution >= 0.6 is 0 Å². The molecule has 24 heavy (non-hydrogen) atoms. The Hall–Kier alpha value is -2.28. The maximum absolute atomic E-state index is 12.1. The van der Waals surface area contributed by atoms with Gasteiger partial charge in [0.15, 0.2) is 0 Å². The highest BCUT2D eigenvalue weighted by Gasteiger charge is 2.68. The highest BCUT2D eigenvalue weighted by molar-refractivity contribution is 5.86. The van der Waals surface area contributed by atoms with Gasteiger partial charge in [0, 0.05) is 11.5 Å². The Morgan fingerprint density at radius 1 is 1.29 bits per heavy atom. The summed E-state index contributed by atoms with van der Waals surface area (Å²) in [7, 11) is 1.38. The normalized spacial score (nSPS) is 35.3. The van der Waals surface area contributed by atoms with E-state index in [4.69, 9.17) is 9.47 Å². The average molecular weight is 324 g/mol. The van der Waals surface area contributed by atoms with Crippen molar-refractivity contribution in [3.8, 4) is 11.8 Å². The van der Waals surface area contributed by atoms with Crippen molar-refractivity contribution in [2.24, 2.45) is 29.6 Å². The molecule has 0 aromatic heterocycles. The van der Waals surface area contributed by atoms with Gasteiger partial charge in [-0.1, -0.05) is 30.9 Å². The molecule has 1 unspecified atom stereocenters. The highest BCUT2D eigenvalue weighted by atomic mass is 16.6. The molecule has 2 bridgehead atoms. The van der Waals surface area contributed by atoms with E-state index in [0.717, 1.165) is 18.4 Å². The van der Waals surface area contributed by atoms with Crippen molar-refractivity contribution in [3.05, 3.63) is 35.4 Å². The lowest BCUT2D eigenvalue weighted by Gasteiger charge is -2.26. The monoisotopic (exact) mass is 324 g/mol. The summed E-state index contributed by atoms with van der Waals surface area (Å²) >= 11 is 0. The van der Waals surface area contributed by atoms with Crippen molar-refractivity contribution in [2.75, 3.05) is 7.11 Å². The van der Waals surface area contributed by atoms with Crippen LogP contribution in [0.5, 0.6) is 0 Å². The minimum atomic E-state index is -0.395. The summed E-state index contributed by atoms with van der Waals surface area (Å²) in [5, 5.41) is 0. The van der Waals surface area contributed by atoms with E-state index in [0.29, 0.717) is 0 Å². The zero-order valence-corrected chi connectivity index (χ0v) is 13.8. The minimum Gasteiger partial charge on any atom is -0.469 e. The molecule has 0 amide bonds. The summed E-state index contributed by atoms with van der Waals surface area (Å²) in [6, 6.07) is 8.18. The van der Waals surface area contributed by atoms with Gasteiger partial charge in [-0.05, 0) is 36.5 Å². The molecular formula is C20H20O4. The molecule has 3 aliphatic rings. The molecule has 1 aliphatic heterocycles. The molecule has 1 aromatic rings. The molecule has 2 aliphatic carbocycles. The van der Waals surface area contributed by atoms with Crippen LogP contribution in [0.3, 0.4) is 0 Å². The number of carbonyl (C=O) groups is 2. The number of methoxy groups -OCH3 is 1. The van der Waals surface area contributed by atoms with Crippen LogP contribution in [-0.4, -0.2) is 25.2 Å². The van der Waals surface area contributed by atoms with Crippen molar-refractivity contribution in [3.63, 3.8) is 0 Å². The van der Waals surface area contributed by atoms with Gasteiger partial charge in [-0.25, -0.2) is 0 Å². The van der Waals surface area contributed by atoms with Crippen molar-refractivity contribution in [1.82, 2.24) is 0 Å². The molecule has 0 spiro atoms. The van der Waals surface area contributed by atoms with E-state index >= 15 is 0 Å². The number of rotatable bonds is 2. The lowest BCUT2D eigenvalue weighted by Crippen LogP contribution is -2.37. The lowest BCUT2D eigenvalue weighted by molar-refractivity contribution is -0.153. The fraction of sp³-hybridized carbons (Fsp3) is 0.500. The third kappa shape index (κ3) is 2.15. The van der Waals surface area contributed by atoms with Gasteiger partial charge in [0.25, 0.3) is 0 Å². The second-order valence-corrected chi connectivity index (χ2v) is 6.89. The largest absolute Gasteiger partial charge is 0.469 e. The number of aryl methyl sites for hydroxylation is 1. The van der Waals surface area contributed by atoms with Gasteiger partial charge in [0.1, 0.15) is 6.10 Å². The second-order valence-electron chi connectivity index (χ2n) is 6.89. The molecular weight excluding hydrogens is 304 g/mol. The van der Waals surface area contributed by atoms with Crippen LogP contribution in [0.2, 0.25) is 0 Å². The average Bonchev–Trinajstić information content (AvgIpc) is 3.22. The molecule has 1 saturated heterocycles. The van der Waals surface area contributed by atoms with Crippen LogP contribution in [0.4, 0.5) is 0 Å². The fourth-order valence-electron chi connectivity index (χ4n) is 4.69. The zero-order valence-electron chi connectivity index (χ0n) is 13.8. The van der Waals surface area contributed by atoms with Gasteiger partial charge in [-0.3, -0.25) is 9.59 Å². The van der Waals surface area contributed by atoms with Crippen LogP contribution in [-0.2, 0) is 25.5 Å².